The van der Waals surface area contributed by atoms with E-state index < -0.39 is 5.41 Å². The Morgan fingerprint density at radius 3 is 2.81 bits per heavy atom. The lowest BCUT2D eigenvalue weighted by molar-refractivity contribution is -0.157. The van der Waals surface area contributed by atoms with Gasteiger partial charge in [-0.3, -0.25) is 14.3 Å². The van der Waals surface area contributed by atoms with Crippen molar-refractivity contribution in [2.75, 3.05) is 39.3 Å². The molecule has 2 saturated heterocycles. The molecule has 3 rings (SSSR count). The van der Waals surface area contributed by atoms with Gasteiger partial charge in [0.1, 0.15) is 0 Å². The fourth-order valence-electron chi connectivity index (χ4n) is 4.44. The van der Waals surface area contributed by atoms with Crippen LogP contribution < -0.4 is 0 Å². The summed E-state index contributed by atoms with van der Waals surface area (Å²) in [7, 11) is 1.85. The molecule has 144 valence electrons. The van der Waals surface area contributed by atoms with Crippen molar-refractivity contribution in [3.05, 3.63) is 18.0 Å². The van der Waals surface area contributed by atoms with E-state index in [4.69, 9.17) is 4.74 Å². The molecule has 0 radical (unpaired) electrons. The molecule has 0 unspecified atom stereocenters. The summed E-state index contributed by atoms with van der Waals surface area (Å²) in [6.45, 7) is 8.22. The van der Waals surface area contributed by atoms with Gasteiger partial charge in [0.2, 0.25) is 5.91 Å². The largest absolute Gasteiger partial charge is 0.466 e. The van der Waals surface area contributed by atoms with Crippen LogP contribution in [0.3, 0.4) is 0 Å². The van der Waals surface area contributed by atoms with Gasteiger partial charge < -0.3 is 14.5 Å². The lowest BCUT2D eigenvalue weighted by Crippen LogP contribution is -2.43. The summed E-state index contributed by atoms with van der Waals surface area (Å²) in [6, 6.07) is 1.88. The summed E-state index contributed by atoms with van der Waals surface area (Å²) in [5.74, 6) is 0.148. The number of aryl methyl sites for hydroxylation is 1. The molecule has 0 spiro atoms. The second kappa shape index (κ2) is 7.78. The smallest absolute Gasteiger partial charge is 0.313 e. The summed E-state index contributed by atoms with van der Waals surface area (Å²) in [4.78, 5) is 29.9. The molecular weight excluding hydrogens is 332 g/mol. The van der Waals surface area contributed by atoms with Gasteiger partial charge in [0, 0.05) is 45.3 Å². The molecule has 2 atom stereocenters. The first-order valence-corrected chi connectivity index (χ1v) is 9.64. The Morgan fingerprint density at radius 2 is 2.15 bits per heavy atom. The molecule has 1 aromatic heterocycles. The van der Waals surface area contributed by atoms with Crippen LogP contribution in [0.4, 0.5) is 0 Å². The minimum Gasteiger partial charge on any atom is -0.466 e. The van der Waals surface area contributed by atoms with Crippen molar-refractivity contribution in [1.82, 2.24) is 19.6 Å². The molecule has 3 heterocycles. The highest BCUT2D eigenvalue weighted by Gasteiger charge is 2.54. The molecule has 26 heavy (non-hydrogen) atoms. The SMILES string of the molecule is CCOC(=O)[C@]12CCCN(C(=O)Cc3ccn(C)n3)C[C@H]1CN(CC)C2. The second-order valence-corrected chi connectivity index (χ2v) is 7.50. The number of ether oxygens (including phenoxy) is 1. The number of rotatable bonds is 5. The summed E-state index contributed by atoms with van der Waals surface area (Å²) in [5.41, 5.74) is 0.325. The Balaban J connectivity index is 1.75. The zero-order valence-corrected chi connectivity index (χ0v) is 16.1. The van der Waals surface area contributed by atoms with Gasteiger partial charge in [-0.05, 0) is 32.4 Å². The molecule has 0 N–H and O–H groups in total. The number of amides is 1. The Kier molecular flexibility index (Phi) is 5.65. The number of nitrogens with zero attached hydrogens (tertiary/aromatic N) is 4. The molecule has 1 aromatic rings. The summed E-state index contributed by atoms with van der Waals surface area (Å²) in [6.07, 6.45) is 3.80. The molecule has 2 aliphatic heterocycles. The normalized spacial score (nSPS) is 26.4. The van der Waals surface area contributed by atoms with Crippen molar-refractivity contribution in [1.29, 1.82) is 0 Å². The Labute approximate surface area is 155 Å². The molecule has 0 aliphatic carbocycles. The maximum absolute atomic E-state index is 12.8. The minimum absolute atomic E-state index is 0.0834. The van der Waals surface area contributed by atoms with Crippen LogP contribution in [-0.4, -0.2) is 70.8 Å². The number of fused-ring (bicyclic) bond motifs is 1. The number of likely N-dealkylation sites (tertiary alicyclic amines) is 2. The van der Waals surface area contributed by atoms with Gasteiger partial charge in [-0.15, -0.1) is 0 Å². The van der Waals surface area contributed by atoms with Gasteiger partial charge in [0.05, 0.1) is 24.1 Å². The van der Waals surface area contributed by atoms with E-state index in [1.54, 1.807) is 4.68 Å². The highest BCUT2D eigenvalue weighted by Crippen LogP contribution is 2.43. The lowest BCUT2D eigenvalue weighted by Gasteiger charge is -2.31. The van der Waals surface area contributed by atoms with Crippen LogP contribution in [-0.2, 0) is 27.8 Å². The van der Waals surface area contributed by atoms with Gasteiger partial charge >= 0.3 is 5.97 Å². The third kappa shape index (κ3) is 3.63. The van der Waals surface area contributed by atoms with Gasteiger partial charge in [0.15, 0.2) is 0 Å². The average molecular weight is 362 g/mol. The molecule has 2 aliphatic rings. The minimum atomic E-state index is -0.466. The first kappa shape index (κ1) is 18.9. The molecule has 2 fully saturated rings. The number of carbonyl (C=O) groups excluding carboxylic acids is 2. The zero-order chi connectivity index (χ0) is 18.7. The van der Waals surface area contributed by atoms with Crippen LogP contribution in [0.5, 0.6) is 0 Å². The standard InChI is InChI=1S/C19H30N4O3/c1-4-22-12-15-13-23(17(24)11-16-7-10-21(3)20-16)9-6-8-19(15,14-22)18(25)26-5-2/h7,10,15H,4-6,8-9,11-14H2,1-3H3/t15-,19+/m1/s1. The Bertz CT molecular complexity index is 659. The highest BCUT2D eigenvalue weighted by molar-refractivity contribution is 5.80. The predicted molar refractivity (Wildman–Crippen MR) is 97.4 cm³/mol. The maximum Gasteiger partial charge on any atom is 0.313 e. The number of aromatic nitrogens is 2. The number of hydrogen-bond donors (Lipinski definition) is 0. The molecule has 7 heteroatoms. The van der Waals surface area contributed by atoms with Crippen LogP contribution >= 0.6 is 0 Å². The average Bonchev–Trinajstić information content (AvgIpc) is 3.13. The fourth-order valence-corrected chi connectivity index (χ4v) is 4.44. The summed E-state index contributed by atoms with van der Waals surface area (Å²) in [5, 5.41) is 4.31. The number of carbonyl (C=O) groups is 2. The lowest BCUT2D eigenvalue weighted by atomic mass is 9.75. The molecule has 1 amide bonds. The van der Waals surface area contributed by atoms with Gasteiger partial charge in [-0.1, -0.05) is 6.92 Å². The summed E-state index contributed by atoms with van der Waals surface area (Å²) < 4.78 is 7.16. The van der Waals surface area contributed by atoms with Gasteiger partial charge in [0.25, 0.3) is 0 Å². The van der Waals surface area contributed by atoms with E-state index in [0.717, 1.165) is 38.2 Å². The number of hydrogen-bond acceptors (Lipinski definition) is 5. The van der Waals surface area contributed by atoms with E-state index in [1.807, 2.05) is 31.1 Å². The van der Waals surface area contributed by atoms with E-state index in [1.165, 1.54) is 0 Å². The van der Waals surface area contributed by atoms with E-state index >= 15 is 0 Å². The van der Waals surface area contributed by atoms with Crippen molar-refractivity contribution < 1.29 is 14.3 Å². The molecular formula is C19H30N4O3. The highest BCUT2D eigenvalue weighted by atomic mass is 16.5. The van der Waals surface area contributed by atoms with Gasteiger partial charge in [-0.25, -0.2) is 0 Å². The Morgan fingerprint density at radius 1 is 1.35 bits per heavy atom. The van der Waals surface area contributed by atoms with Crippen LogP contribution in [0.1, 0.15) is 32.4 Å². The van der Waals surface area contributed by atoms with Crippen molar-refractivity contribution >= 4 is 11.9 Å². The first-order valence-electron chi connectivity index (χ1n) is 9.64. The molecule has 0 aromatic carbocycles. The van der Waals surface area contributed by atoms with E-state index in [-0.39, 0.29) is 17.8 Å². The van der Waals surface area contributed by atoms with Crippen LogP contribution in [0.15, 0.2) is 12.3 Å². The quantitative estimate of drug-likeness (QED) is 0.734. The van der Waals surface area contributed by atoms with Crippen molar-refractivity contribution in [2.45, 2.75) is 33.1 Å². The Hall–Kier alpha value is -1.89. The van der Waals surface area contributed by atoms with Gasteiger partial charge in [-0.2, -0.15) is 5.10 Å². The van der Waals surface area contributed by atoms with Crippen LogP contribution in [0.25, 0.3) is 0 Å². The second-order valence-electron chi connectivity index (χ2n) is 7.50. The topological polar surface area (TPSA) is 67.7 Å². The third-order valence-electron chi connectivity index (χ3n) is 5.84. The fraction of sp³-hybridized carbons (Fsp3) is 0.737. The predicted octanol–water partition coefficient (Wildman–Crippen LogP) is 1.09. The number of esters is 1. The third-order valence-corrected chi connectivity index (χ3v) is 5.84. The van der Waals surface area contributed by atoms with E-state index in [0.29, 0.717) is 26.1 Å². The molecule has 7 nitrogen and oxygen atoms in total. The van der Waals surface area contributed by atoms with E-state index in [2.05, 4.69) is 16.9 Å². The molecule has 0 bridgehead atoms. The van der Waals surface area contributed by atoms with Crippen molar-refractivity contribution in [3.8, 4) is 0 Å². The summed E-state index contributed by atoms with van der Waals surface area (Å²) >= 11 is 0. The zero-order valence-electron chi connectivity index (χ0n) is 16.1. The van der Waals surface area contributed by atoms with Crippen molar-refractivity contribution in [3.63, 3.8) is 0 Å². The molecule has 0 saturated carbocycles. The maximum atomic E-state index is 12.8. The monoisotopic (exact) mass is 362 g/mol. The van der Waals surface area contributed by atoms with Crippen LogP contribution in [0, 0.1) is 11.3 Å². The first-order chi connectivity index (χ1) is 12.5. The van der Waals surface area contributed by atoms with Crippen molar-refractivity contribution in [2.24, 2.45) is 18.4 Å². The van der Waals surface area contributed by atoms with Crippen LogP contribution in [0.2, 0.25) is 0 Å². The van der Waals surface area contributed by atoms with E-state index in [9.17, 15) is 9.59 Å².